The molecule has 0 aliphatic carbocycles. The first-order valence-electron chi connectivity index (χ1n) is 20.6. The molecule has 286 valence electrons. The molecule has 0 fully saturated rings. The van der Waals surface area contributed by atoms with E-state index in [1.807, 2.05) is 36.4 Å². The Hall–Kier alpha value is -8.22. The van der Waals surface area contributed by atoms with Gasteiger partial charge in [0.15, 0.2) is 5.84 Å². The normalized spacial score (nSPS) is 14.4. The van der Waals surface area contributed by atoms with Gasteiger partial charge < -0.3 is 18.7 Å². The number of hydrogen-bond acceptors (Lipinski definition) is 5. The van der Waals surface area contributed by atoms with E-state index in [4.69, 9.17) is 18.8 Å². The maximum absolute atomic E-state index is 6.75. The molecule has 1 aliphatic heterocycles. The maximum atomic E-state index is 6.75. The molecule has 0 bridgehead atoms. The molecular formula is C55H34N4O2. The minimum absolute atomic E-state index is 0.470. The van der Waals surface area contributed by atoms with E-state index in [1.165, 1.54) is 21.5 Å². The van der Waals surface area contributed by atoms with Crippen LogP contribution < -0.4 is 5.32 Å². The molecule has 6 heteroatoms. The molecule has 9 aromatic carbocycles. The second-order valence-electron chi connectivity index (χ2n) is 15.8. The minimum atomic E-state index is -0.470. The molecule has 1 atom stereocenters. The number of hydrogen-bond donors (Lipinski definition) is 1. The Labute approximate surface area is 349 Å². The summed E-state index contributed by atoms with van der Waals surface area (Å²) >= 11 is 0. The van der Waals surface area contributed by atoms with Crippen molar-refractivity contribution in [2.75, 3.05) is 0 Å². The smallest absolute Gasteiger partial charge is 0.163 e. The van der Waals surface area contributed by atoms with Crippen LogP contribution >= 0.6 is 0 Å². The molecule has 4 heterocycles. The lowest BCUT2D eigenvalue weighted by atomic mass is 10.00. The van der Waals surface area contributed by atoms with Crippen LogP contribution in [0.25, 0.3) is 93.3 Å². The van der Waals surface area contributed by atoms with Crippen LogP contribution in [-0.4, -0.2) is 16.2 Å². The van der Waals surface area contributed by atoms with E-state index in [1.54, 1.807) is 0 Å². The van der Waals surface area contributed by atoms with Gasteiger partial charge in [0.05, 0.1) is 22.3 Å². The SMILES string of the molecule is c1ccc(-c2cccc(C3N=C(c4cccc5c4oc4ccccc45)N=C(c4cc(-n5c6ccccc6c6cc7ccccc7cc65)cc5oc6ccccc6c45)N3)c2)cc1. The van der Waals surface area contributed by atoms with Gasteiger partial charge in [-0.15, -0.1) is 0 Å². The van der Waals surface area contributed by atoms with Crippen molar-refractivity contribution in [3.05, 3.63) is 211 Å². The molecule has 1 N–H and O–H groups in total. The summed E-state index contributed by atoms with van der Waals surface area (Å²) in [6.45, 7) is 0. The van der Waals surface area contributed by atoms with Gasteiger partial charge in [0, 0.05) is 43.9 Å². The van der Waals surface area contributed by atoms with E-state index in [0.29, 0.717) is 11.7 Å². The third-order valence-electron chi connectivity index (χ3n) is 12.2. The highest BCUT2D eigenvalue weighted by Crippen LogP contribution is 2.40. The van der Waals surface area contributed by atoms with E-state index in [0.717, 1.165) is 88.4 Å². The quantitative estimate of drug-likeness (QED) is 0.189. The predicted molar refractivity (Wildman–Crippen MR) is 250 cm³/mol. The molecule has 0 saturated carbocycles. The van der Waals surface area contributed by atoms with Crippen molar-refractivity contribution in [3.8, 4) is 16.8 Å². The second kappa shape index (κ2) is 13.1. The van der Waals surface area contributed by atoms with Crippen LogP contribution in [0.3, 0.4) is 0 Å². The van der Waals surface area contributed by atoms with Crippen molar-refractivity contribution in [1.82, 2.24) is 9.88 Å². The van der Waals surface area contributed by atoms with Gasteiger partial charge >= 0.3 is 0 Å². The Bertz CT molecular complexity index is 3810. The molecule has 3 aromatic heterocycles. The summed E-state index contributed by atoms with van der Waals surface area (Å²) in [5.74, 6) is 1.28. The first-order chi connectivity index (χ1) is 30.2. The third-order valence-corrected chi connectivity index (χ3v) is 12.2. The van der Waals surface area contributed by atoms with E-state index in [9.17, 15) is 0 Å². The summed E-state index contributed by atoms with van der Waals surface area (Å²) in [7, 11) is 0. The van der Waals surface area contributed by atoms with Crippen molar-refractivity contribution in [3.63, 3.8) is 0 Å². The Morgan fingerprint density at radius 1 is 0.459 bits per heavy atom. The summed E-state index contributed by atoms with van der Waals surface area (Å²) in [6, 6.07) is 68.0. The highest BCUT2D eigenvalue weighted by Gasteiger charge is 2.27. The molecule has 0 amide bonds. The van der Waals surface area contributed by atoms with Crippen LogP contribution in [-0.2, 0) is 0 Å². The van der Waals surface area contributed by atoms with Gasteiger partial charge in [0.25, 0.3) is 0 Å². The fraction of sp³-hybridized carbons (Fsp3) is 0.0182. The van der Waals surface area contributed by atoms with Crippen molar-refractivity contribution in [2.45, 2.75) is 6.17 Å². The average molecular weight is 783 g/mol. The standard InChI is InChI=1S/C55H34N4O2/c1-2-14-33(15-3-1)34-18-12-19-37(28-34)53-56-54(43-24-13-23-41-40-21-7-10-26-48(40)61-52(41)43)58-55(57-53)45-31-38(32-50-51(45)42-22-8-11-27-49(42)60-50)59-46-25-9-6-20-39(46)44-29-35-16-4-5-17-36(35)30-47(44)59/h1-32,53H,(H,56,57,58). The summed E-state index contributed by atoms with van der Waals surface area (Å²) < 4.78 is 15.7. The van der Waals surface area contributed by atoms with Gasteiger partial charge in [-0.2, -0.15) is 0 Å². The molecule has 0 radical (unpaired) electrons. The highest BCUT2D eigenvalue weighted by molar-refractivity contribution is 6.24. The van der Waals surface area contributed by atoms with E-state index >= 15 is 0 Å². The number of rotatable bonds is 5. The summed E-state index contributed by atoms with van der Waals surface area (Å²) in [5, 5.41) is 12.7. The van der Waals surface area contributed by atoms with Gasteiger partial charge in [-0.1, -0.05) is 140 Å². The molecule has 0 spiro atoms. The fourth-order valence-electron chi connectivity index (χ4n) is 9.41. The Kier molecular flexibility index (Phi) is 7.27. The Morgan fingerprint density at radius 3 is 2.02 bits per heavy atom. The largest absolute Gasteiger partial charge is 0.456 e. The number of para-hydroxylation sites is 4. The van der Waals surface area contributed by atoms with Gasteiger partial charge in [-0.25, -0.2) is 9.98 Å². The molecule has 61 heavy (non-hydrogen) atoms. The van der Waals surface area contributed by atoms with Crippen LogP contribution in [0.15, 0.2) is 213 Å². The molecule has 0 saturated heterocycles. The Morgan fingerprint density at radius 2 is 1.15 bits per heavy atom. The number of aromatic nitrogens is 1. The molecule has 13 rings (SSSR count). The first kappa shape index (κ1) is 33.7. The van der Waals surface area contributed by atoms with Crippen molar-refractivity contribution in [1.29, 1.82) is 0 Å². The van der Waals surface area contributed by atoms with Crippen LogP contribution in [0.1, 0.15) is 22.9 Å². The Balaban J connectivity index is 1.08. The summed E-state index contributed by atoms with van der Waals surface area (Å²) in [6.07, 6.45) is -0.470. The number of nitrogens with one attached hydrogen (secondary N) is 1. The van der Waals surface area contributed by atoms with Gasteiger partial charge in [-0.05, 0) is 76.0 Å². The van der Waals surface area contributed by atoms with Crippen molar-refractivity contribution >= 4 is 88.1 Å². The number of nitrogens with zero attached hydrogens (tertiary/aromatic N) is 3. The number of aliphatic imine (C=N–C) groups is 2. The molecule has 1 unspecified atom stereocenters. The van der Waals surface area contributed by atoms with Crippen molar-refractivity contribution in [2.24, 2.45) is 9.98 Å². The van der Waals surface area contributed by atoms with Crippen LogP contribution in [0.5, 0.6) is 0 Å². The number of furan rings is 2. The predicted octanol–water partition coefficient (Wildman–Crippen LogP) is 13.9. The zero-order valence-electron chi connectivity index (χ0n) is 32.7. The molecular weight excluding hydrogens is 749 g/mol. The number of fused-ring (bicyclic) bond motifs is 10. The average Bonchev–Trinajstić information content (AvgIpc) is 4.00. The van der Waals surface area contributed by atoms with Crippen LogP contribution in [0, 0.1) is 0 Å². The molecule has 12 aromatic rings. The van der Waals surface area contributed by atoms with E-state index in [2.05, 4.69) is 168 Å². The van der Waals surface area contributed by atoms with E-state index in [-0.39, 0.29) is 0 Å². The van der Waals surface area contributed by atoms with Crippen LogP contribution in [0.4, 0.5) is 0 Å². The monoisotopic (exact) mass is 782 g/mol. The summed E-state index contributed by atoms with van der Waals surface area (Å²) in [5.41, 5.74) is 11.4. The van der Waals surface area contributed by atoms with Crippen LogP contribution in [0.2, 0.25) is 0 Å². The second-order valence-corrected chi connectivity index (χ2v) is 15.8. The van der Waals surface area contributed by atoms with Gasteiger partial charge in [0.1, 0.15) is 34.3 Å². The zero-order valence-corrected chi connectivity index (χ0v) is 32.7. The summed E-state index contributed by atoms with van der Waals surface area (Å²) in [4.78, 5) is 10.9. The number of benzene rings is 9. The maximum Gasteiger partial charge on any atom is 0.163 e. The molecule has 6 nitrogen and oxygen atoms in total. The third kappa shape index (κ3) is 5.29. The lowest BCUT2D eigenvalue weighted by molar-refractivity contribution is 0.662. The number of amidine groups is 2. The highest BCUT2D eigenvalue weighted by atomic mass is 16.3. The minimum Gasteiger partial charge on any atom is -0.456 e. The topological polar surface area (TPSA) is 68.0 Å². The van der Waals surface area contributed by atoms with Crippen molar-refractivity contribution < 1.29 is 8.83 Å². The van der Waals surface area contributed by atoms with Gasteiger partial charge in [-0.3, -0.25) is 0 Å². The zero-order chi connectivity index (χ0) is 40.0. The van der Waals surface area contributed by atoms with Gasteiger partial charge in [0.2, 0.25) is 0 Å². The lowest BCUT2D eigenvalue weighted by Gasteiger charge is -2.25. The molecule has 1 aliphatic rings. The lowest BCUT2D eigenvalue weighted by Crippen LogP contribution is -2.33. The van der Waals surface area contributed by atoms with E-state index < -0.39 is 6.17 Å². The first-order valence-corrected chi connectivity index (χ1v) is 20.6. The fourth-order valence-corrected chi connectivity index (χ4v) is 9.41.